The molecule has 0 aromatic heterocycles. The lowest BCUT2D eigenvalue weighted by Crippen LogP contribution is -2.31. The number of methoxy groups -OCH3 is 1. The number of ether oxygens (including phenoxy) is 3. The molecule has 13 heteroatoms. The largest absolute Gasteiger partial charge is 0.465 e. The number of amides is 2. The molecule has 30 heavy (non-hydrogen) atoms. The predicted molar refractivity (Wildman–Crippen MR) is 101 cm³/mol. The molecule has 0 spiro atoms. The van der Waals surface area contributed by atoms with Crippen LogP contribution in [0, 0.1) is 11.7 Å². The van der Waals surface area contributed by atoms with Gasteiger partial charge in [-0.1, -0.05) is 0 Å². The van der Waals surface area contributed by atoms with E-state index >= 15 is 4.39 Å². The van der Waals surface area contributed by atoms with Crippen molar-refractivity contribution < 1.29 is 41.7 Å². The lowest BCUT2D eigenvalue weighted by molar-refractivity contribution is -0.117. The van der Waals surface area contributed by atoms with Crippen molar-refractivity contribution in [1.82, 2.24) is 10.0 Å². The Morgan fingerprint density at radius 2 is 2.17 bits per heavy atom. The number of carbonyl (C=O) groups is 2. The minimum atomic E-state index is -4.26. The molecule has 1 unspecified atom stereocenters. The SMILES string of the molecule is COCCOCOc1cc2c(c(F)c1N1CC(=O)NS1(=O)=O)CC(CNC(=O)O)C2. The van der Waals surface area contributed by atoms with Gasteiger partial charge in [-0.25, -0.2) is 18.2 Å². The van der Waals surface area contributed by atoms with Crippen molar-refractivity contribution in [3.63, 3.8) is 0 Å². The maximum atomic E-state index is 15.4. The summed E-state index contributed by atoms with van der Waals surface area (Å²) < 4.78 is 58.0. The van der Waals surface area contributed by atoms with Crippen molar-refractivity contribution in [2.45, 2.75) is 12.8 Å². The van der Waals surface area contributed by atoms with E-state index < -0.39 is 34.6 Å². The minimum Gasteiger partial charge on any atom is -0.465 e. The summed E-state index contributed by atoms with van der Waals surface area (Å²) in [7, 11) is -2.77. The lowest BCUT2D eigenvalue weighted by Gasteiger charge is -2.21. The van der Waals surface area contributed by atoms with Gasteiger partial charge in [0, 0.05) is 13.7 Å². The zero-order valence-electron chi connectivity index (χ0n) is 16.1. The van der Waals surface area contributed by atoms with Crippen LogP contribution in [-0.4, -0.2) is 65.7 Å². The highest BCUT2D eigenvalue weighted by molar-refractivity contribution is 7.92. The van der Waals surface area contributed by atoms with E-state index in [1.54, 1.807) is 4.72 Å². The van der Waals surface area contributed by atoms with Crippen LogP contribution in [-0.2, 0) is 37.3 Å². The molecule has 1 aromatic carbocycles. The van der Waals surface area contributed by atoms with Crippen molar-refractivity contribution in [3.8, 4) is 5.75 Å². The molecular formula is C17H22FN3O8S. The summed E-state index contributed by atoms with van der Waals surface area (Å²) in [5.41, 5.74) is 0.467. The number of hydrogen-bond acceptors (Lipinski definition) is 7. The molecule has 1 saturated heterocycles. The third kappa shape index (κ3) is 4.74. The topological polar surface area (TPSA) is 143 Å². The van der Waals surface area contributed by atoms with Crippen molar-refractivity contribution in [1.29, 1.82) is 0 Å². The van der Waals surface area contributed by atoms with Gasteiger partial charge in [0.25, 0.3) is 5.91 Å². The fraction of sp³-hybridized carbons (Fsp3) is 0.529. The molecule has 2 aliphatic rings. The fourth-order valence-corrected chi connectivity index (χ4v) is 4.61. The number of fused-ring (bicyclic) bond motifs is 1. The highest BCUT2D eigenvalue weighted by atomic mass is 32.2. The zero-order valence-corrected chi connectivity index (χ0v) is 17.0. The van der Waals surface area contributed by atoms with Crippen LogP contribution in [0.25, 0.3) is 0 Å². The van der Waals surface area contributed by atoms with Crippen LogP contribution in [0.2, 0.25) is 0 Å². The van der Waals surface area contributed by atoms with Crippen LogP contribution < -0.4 is 19.1 Å². The maximum absolute atomic E-state index is 15.4. The Hall–Kier alpha value is -2.64. The highest BCUT2D eigenvalue weighted by Gasteiger charge is 2.40. The third-order valence-electron chi connectivity index (χ3n) is 4.74. The van der Waals surface area contributed by atoms with Crippen LogP contribution in [0.15, 0.2) is 6.07 Å². The predicted octanol–water partition coefficient (Wildman–Crippen LogP) is -0.0116. The van der Waals surface area contributed by atoms with E-state index in [0.29, 0.717) is 22.9 Å². The van der Waals surface area contributed by atoms with Gasteiger partial charge in [-0.3, -0.25) is 4.79 Å². The van der Waals surface area contributed by atoms with E-state index in [0.717, 1.165) is 0 Å². The molecule has 0 bridgehead atoms. The first kappa shape index (κ1) is 22.1. The van der Waals surface area contributed by atoms with Gasteiger partial charge in [0.05, 0.1) is 13.2 Å². The number of rotatable bonds is 9. The van der Waals surface area contributed by atoms with Gasteiger partial charge in [0.2, 0.25) is 0 Å². The highest BCUT2D eigenvalue weighted by Crippen LogP contribution is 2.42. The second-order valence-corrected chi connectivity index (χ2v) is 8.43. The average Bonchev–Trinajstić information content (AvgIpc) is 3.19. The van der Waals surface area contributed by atoms with Gasteiger partial charge in [-0.05, 0) is 36.0 Å². The summed E-state index contributed by atoms with van der Waals surface area (Å²) in [5, 5.41) is 11.0. The fourth-order valence-electron chi connectivity index (χ4n) is 3.45. The zero-order chi connectivity index (χ0) is 21.9. The molecule has 1 fully saturated rings. The van der Waals surface area contributed by atoms with Crippen LogP contribution in [0.4, 0.5) is 14.9 Å². The quantitative estimate of drug-likeness (QED) is 0.354. The molecule has 0 saturated carbocycles. The number of halogens is 1. The van der Waals surface area contributed by atoms with E-state index in [4.69, 9.17) is 19.3 Å². The second kappa shape index (κ2) is 9.02. The summed E-state index contributed by atoms with van der Waals surface area (Å²) in [6, 6.07) is 1.51. The number of carboxylic acid groups (broad SMARTS) is 1. The molecule has 3 N–H and O–H groups in total. The average molecular weight is 447 g/mol. The van der Waals surface area contributed by atoms with Gasteiger partial charge < -0.3 is 24.6 Å². The van der Waals surface area contributed by atoms with Crippen molar-refractivity contribution >= 4 is 27.9 Å². The molecule has 1 aliphatic heterocycles. The van der Waals surface area contributed by atoms with Crippen LogP contribution in [0.3, 0.4) is 0 Å². The Kier molecular flexibility index (Phi) is 6.63. The van der Waals surface area contributed by atoms with Crippen LogP contribution in [0.1, 0.15) is 11.1 Å². The monoisotopic (exact) mass is 447 g/mol. The summed E-state index contributed by atoms with van der Waals surface area (Å²) in [5.74, 6) is -1.89. The molecule has 1 heterocycles. The summed E-state index contributed by atoms with van der Waals surface area (Å²) in [4.78, 5) is 22.4. The first-order valence-corrected chi connectivity index (χ1v) is 10.5. The van der Waals surface area contributed by atoms with Crippen LogP contribution in [0.5, 0.6) is 5.75 Å². The normalized spacial score (nSPS) is 19.5. The summed E-state index contributed by atoms with van der Waals surface area (Å²) >= 11 is 0. The standard InChI is InChI=1S/C17H22FN3O8S/c1-27-2-3-28-9-29-13-6-11-4-10(7-19-17(23)24)5-12(11)15(18)16(13)21-8-14(22)20-30(21,25)26/h6,10,19H,2-5,7-9H2,1H3,(H,20,22)(H,23,24). The van der Waals surface area contributed by atoms with E-state index in [9.17, 15) is 18.0 Å². The van der Waals surface area contributed by atoms with Gasteiger partial charge in [0.1, 0.15) is 18.0 Å². The van der Waals surface area contributed by atoms with E-state index in [1.807, 2.05) is 0 Å². The third-order valence-corrected chi connectivity index (χ3v) is 6.12. The molecule has 3 rings (SSSR count). The minimum absolute atomic E-state index is 0.0874. The van der Waals surface area contributed by atoms with Crippen molar-refractivity contribution in [2.75, 3.05) is 44.5 Å². The number of benzene rings is 1. The van der Waals surface area contributed by atoms with Gasteiger partial charge in [0.15, 0.2) is 12.6 Å². The Labute approximate surface area is 172 Å². The maximum Gasteiger partial charge on any atom is 0.404 e. The molecule has 2 amide bonds. The smallest absolute Gasteiger partial charge is 0.404 e. The van der Waals surface area contributed by atoms with Crippen LogP contribution >= 0.6 is 0 Å². The number of nitrogens with one attached hydrogen (secondary N) is 2. The van der Waals surface area contributed by atoms with E-state index in [1.165, 1.54) is 13.2 Å². The molecule has 1 aromatic rings. The number of carbonyl (C=O) groups excluding carboxylic acids is 1. The summed E-state index contributed by atoms with van der Waals surface area (Å²) in [6.45, 7) is -0.218. The Balaban J connectivity index is 1.91. The first-order chi connectivity index (χ1) is 14.2. The second-order valence-electron chi connectivity index (χ2n) is 6.84. The van der Waals surface area contributed by atoms with Gasteiger partial charge in [-0.2, -0.15) is 8.42 Å². The lowest BCUT2D eigenvalue weighted by atomic mass is 10.1. The molecular weight excluding hydrogens is 425 g/mol. The summed E-state index contributed by atoms with van der Waals surface area (Å²) in [6.07, 6.45) is -0.580. The molecule has 0 radical (unpaired) electrons. The Morgan fingerprint density at radius 3 is 2.80 bits per heavy atom. The van der Waals surface area contributed by atoms with Crippen molar-refractivity contribution in [3.05, 3.63) is 23.0 Å². The Bertz CT molecular complexity index is 939. The number of anilines is 1. The number of nitrogens with zero attached hydrogens (tertiary/aromatic N) is 1. The van der Waals surface area contributed by atoms with Gasteiger partial charge >= 0.3 is 16.3 Å². The first-order valence-electron chi connectivity index (χ1n) is 9.06. The van der Waals surface area contributed by atoms with E-state index in [-0.39, 0.29) is 49.3 Å². The van der Waals surface area contributed by atoms with E-state index in [2.05, 4.69) is 5.32 Å². The van der Waals surface area contributed by atoms with Gasteiger partial charge in [-0.15, -0.1) is 0 Å². The molecule has 166 valence electrons. The molecule has 1 aliphatic carbocycles. The molecule has 1 atom stereocenters. The Morgan fingerprint density at radius 1 is 1.40 bits per heavy atom. The number of hydrogen-bond donors (Lipinski definition) is 3. The molecule has 11 nitrogen and oxygen atoms in total. The van der Waals surface area contributed by atoms with Crippen molar-refractivity contribution in [2.24, 2.45) is 5.92 Å².